The highest BCUT2D eigenvalue weighted by atomic mass is 16.6. The summed E-state index contributed by atoms with van der Waals surface area (Å²) in [6, 6.07) is 28.1. The van der Waals surface area contributed by atoms with Crippen molar-refractivity contribution in [1.82, 2.24) is 15.1 Å². The quantitative estimate of drug-likeness (QED) is 0.186. The maximum absolute atomic E-state index is 13.6. The molecule has 1 aromatic heterocycles. The predicted octanol–water partition coefficient (Wildman–Crippen LogP) is 6.33. The molecule has 1 saturated carbocycles. The maximum atomic E-state index is 13.6. The van der Waals surface area contributed by atoms with Crippen molar-refractivity contribution in [2.75, 3.05) is 11.9 Å². The zero-order valence-corrected chi connectivity index (χ0v) is 24.5. The number of amides is 2. The predicted molar refractivity (Wildman–Crippen MR) is 165 cm³/mol. The minimum absolute atomic E-state index is 0.0394. The summed E-state index contributed by atoms with van der Waals surface area (Å²) in [6.45, 7) is 6.52. The number of nitrogens with zero attached hydrogens (tertiary/aromatic N) is 2. The van der Waals surface area contributed by atoms with Gasteiger partial charge in [0.1, 0.15) is 11.3 Å². The van der Waals surface area contributed by atoms with Crippen LogP contribution in [-0.4, -0.2) is 33.9 Å². The first-order chi connectivity index (χ1) is 20.2. The molecule has 8 heteroatoms. The molecule has 0 aliphatic heterocycles. The molecule has 0 bridgehead atoms. The van der Waals surface area contributed by atoms with E-state index in [1.54, 1.807) is 10.7 Å². The highest BCUT2D eigenvalue weighted by molar-refractivity contribution is 6.03. The molecule has 2 amide bonds. The number of carbonyl (C=O) groups excluding carboxylic acids is 2. The van der Waals surface area contributed by atoms with E-state index in [1.807, 2.05) is 69.3 Å². The van der Waals surface area contributed by atoms with Crippen LogP contribution in [0.25, 0.3) is 5.69 Å². The van der Waals surface area contributed by atoms with Crippen LogP contribution in [0.2, 0.25) is 0 Å². The van der Waals surface area contributed by atoms with E-state index >= 15 is 0 Å². The molecule has 1 fully saturated rings. The van der Waals surface area contributed by atoms with Crippen LogP contribution >= 0.6 is 0 Å². The zero-order chi connectivity index (χ0) is 29.7. The van der Waals surface area contributed by atoms with Gasteiger partial charge in [-0.3, -0.25) is 4.79 Å². The molecule has 5 rings (SSSR count). The smallest absolute Gasteiger partial charge is 0.405 e. The molecule has 1 aliphatic rings. The lowest BCUT2D eigenvalue weighted by Gasteiger charge is -2.24. The summed E-state index contributed by atoms with van der Waals surface area (Å²) in [5.41, 5.74) is 10.5. The van der Waals surface area contributed by atoms with Crippen LogP contribution < -0.4 is 16.4 Å². The second-order valence-corrected chi connectivity index (χ2v) is 11.7. The standard InChI is InChI=1S/C34H39N5O3/c1-23-19-30(39(38-23)29-14-7-9-24(20-29)17-18-34(2,3)42-33(35)41)32(40)37-28-13-8-12-27(21-28)31(36-22-25-15-16-25)26-10-5-4-6-11-26/h4-14,19-21,25,31,36H,15-18,22H2,1-3H3,(H2,35,41)(H,37,40). The monoisotopic (exact) mass is 565 g/mol. The van der Waals surface area contributed by atoms with Gasteiger partial charge in [-0.2, -0.15) is 5.10 Å². The maximum Gasteiger partial charge on any atom is 0.405 e. The number of nitrogens with one attached hydrogen (secondary N) is 2. The Bertz CT molecular complexity index is 1540. The number of primary amides is 1. The van der Waals surface area contributed by atoms with E-state index in [0.29, 0.717) is 18.5 Å². The number of benzene rings is 3. The number of ether oxygens (including phenoxy) is 1. The summed E-state index contributed by atoms with van der Waals surface area (Å²) in [7, 11) is 0. The van der Waals surface area contributed by atoms with Crippen molar-refractivity contribution in [3.63, 3.8) is 0 Å². The lowest BCUT2D eigenvalue weighted by Crippen LogP contribution is -2.31. The summed E-state index contributed by atoms with van der Waals surface area (Å²) in [6.07, 6.45) is 3.04. The Morgan fingerprint density at radius 2 is 1.74 bits per heavy atom. The first kappa shape index (κ1) is 29.1. The van der Waals surface area contributed by atoms with Crippen molar-refractivity contribution in [3.8, 4) is 5.69 Å². The van der Waals surface area contributed by atoms with Crippen LogP contribution in [-0.2, 0) is 11.2 Å². The van der Waals surface area contributed by atoms with Crippen molar-refractivity contribution >= 4 is 17.7 Å². The van der Waals surface area contributed by atoms with Crippen LogP contribution in [0.4, 0.5) is 10.5 Å². The summed E-state index contributed by atoms with van der Waals surface area (Å²) in [5, 5.41) is 11.5. The van der Waals surface area contributed by atoms with E-state index in [0.717, 1.165) is 40.7 Å². The van der Waals surface area contributed by atoms with Gasteiger partial charge < -0.3 is 21.1 Å². The molecule has 4 aromatic rings. The van der Waals surface area contributed by atoms with Crippen molar-refractivity contribution in [3.05, 3.63) is 113 Å². The summed E-state index contributed by atoms with van der Waals surface area (Å²) in [4.78, 5) is 24.8. The molecule has 1 atom stereocenters. The van der Waals surface area contributed by atoms with Gasteiger partial charge in [0.25, 0.3) is 5.91 Å². The van der Waals surface area contributed by atoms with E-state index in [1.165, 1.54) is 18.4 Å². The van der Waals surface area contributed by atoms with Gasteiger partial charge in [-0.1, -0.05) is 54.6 Å². The SMILES string of the molecule is Cc1cc(C(=O)Nc2cccc(C(NCC3CC3)c3ccccc3)c2)n(-c2cccc(CCC(C)(C)OC(N)=O)c2)n1. The van der Waals surface area contributed by atoms with Crippen LogP contribution in [0, 0.1) is 12.8 Å². The molecule has 1 aliphatic carbocycles. The first-order valence-corrected chi connectivity index (χ1v) is 14.5. The second-order valence-electron chi connectivity index (χ2n) is 11.7. The van der Waals surface area contributed by atoms with Crippen molar-refractivity contribution < 1.29 is 14.3 Å². The number of aryl methyl sites for hydroxylation is 2. The van der Waals surface area contributed by atoms with E-state index in [4.69, 9.17) is 10.5 Å². The number of anilines is 1. The first-order valence-electron chi connectivity index (χ1n) is 14.5. The Kier molecular flexibility index (Phi) is 8.73. The largest absolute Gasteiger partial charge is 0.444 e. The number of hydrogen-bond acceptors (Lipinski definition) is 5. The fourth-order valence-corrected chi connectivity index (χ4v) is 5.14. The topological polar surface area (TPSA) is 111 Å². The minimum Gasteiger partial charge on any atom is -0.444 e. The lowest BCUT2D eigenvalue weighted by atomic mass is 9.98. The molecule has 218 valence electrons. The Morgan fingerprint density at radius 3 is 2.48 bits per heavy atom. The van der Waals surface area contributed by atoms with E-state index in [2.05, 4.69) is 46.1 Å². The van der Waals surface area contributed by atoms with Gasteiger partial charge in [0.15, 0.2) is 0 Å². The molecule has 8 nitrogen and oxygen atoms in total. The van der Waals surface area contributed by atoms with Gasteiger partial charge in [0, 0.05) is 5.69 Å². The Balaban J connectivity index is 1.34. The molecular formula is C34H39N5O3. The third kappa shape index (κ3) is 7.64. The van der Waals surface area contributed by atoms with Crippen molar-refractivity contribution in [2.24, 2.45) is 11.7 Å². The highest BCUT2D eigenvalue weighted by Gasteiger charge is 2.24. The molecular weight excluding hydrogens is 526 g/mol. The number of hydrogen-bond donors (Lipinski definition) is 3. The van der Waals surface area contributed by atoms with Gasteiger partial charge in [-0.15, -0.1) is 0 Å². The zero-order valence-electron chi connectivity index (χ0n) is 24.5. The number of carbonyl (C=O) groups is 2. The lowest BCUT2D eigenvalue weighted by molar-refractivity contribution is 0.0394. The third-order valence-corrected chi connectivity index (χ3v) is 7.53. The molecule has 0 spiro atoms. The van der Waals surface area contributed by atoms with Crippen molar-refractivity contribution in [2.45, 2.75) is 58.1 Å². The number of rotatable bonds is 12. The van der Waals surface area contributed by atoms with E-state index in [9.17, 15) is 9.59 Å². The molecule has 4 N–H and O–H groups in total. The van der Waals surface area contributed by atoms with Crippen LogP contribution in [0.1, 0.15) is 72.0 Å². The molecule has 0 radical (unpaired) electrons. The third-order valence-electron chi connectivity index (χ3n) is 7.53. The molecule has 1 unspecified atom stereocenters. The highest BCUT2D eigenvalue weighted by Crippen LogP contribution is 2.31. The van der Waals surface area contributed by atoms with Crippen LogP contribution in [0.15, 0.2) is 84.9 Å². The number of nitrogens with two attached hydrogens (primary N) is 1. The molecule has 1 heterocycles. The molecule has 0 saturated heterocycles. The van der Waals surface area contributed by atoms with E-state index in [-0.39, 0.29) is 11.9 Å². The molecule has 42 heavy (non-hydrogen) atoms. The van der Waals surface area contributed by atoms with Gasteiger partial charge in [-0.25, -0.2) is 9.48 Å². The molecule has 3 aromatic carbocycles. The van der Waals surface area contributed by atoms with Crippen LogP contribution in [0.5, 0.6) is 0 Å². The van der Waals surface area contributed by atoms with Gasteiger partial charge in [0.2, 0.25) is 0 Å². The van der Waals surface area contributed by atoms with Crippen LogP contribution in [0.3, 0.4) is 0 Å². The Hall–Kier alpha value is -4.43. The Labute approximate surface area is 247 Å². The fraction of sp³-hybridized carbons (Fsp3) is 0.324. The fourth-order valence-electron chi connectivity index (χ4n) is 5.14. The van der Waals surface area contributed by atoms with Crippen molar-refractivity contribution in [1.29, 1.82) is 0 Å². The Morgan fingerprint density at radius 1 is 1.00 bits per heavy atom. The van der Waals surface area contributed by atoms with Gasteiger partial charge in [-0.05, 0) is 106 Å². The van der Waals surface area contributed by atoms with E-state index < -0.39 is 11.7 Å². The second kappa shape index (κ2) is 12.6. The normalized spacial score (nSPS) is 13.9. The van der Waals surface area contributed by atoms with Gasteiger partial charge in [0.05, 0.1) is 17.4 Å². The average molecular weight is 566 g/mol. The summed E-state index contributed by atoms with van der Waals surface area (Å²) >= 11 is 0. The summed E-state index contributed by atoms with van der Waals surface area (Å²) in [5.74, 6) is 0.507. The summed E-state index contributed by atoms with van der Waals surface area (Å²) < 4.78 is 6.90. The van der Waals surface area contributed by atoms with Gasteiger partial charge >= 0.3 is 6.09 Å². The average Bonchev–Trinajstić information content (AvgIpc) is 3.71. The number of aromatic nitrogens is 2. The minimum atomic E-state index is -0.785.